The van der Waals surface area contributed by atoms with Crippen molar-refractivity contribution in [2.45, 2.75) is 38.5 Å². The second-order valence-electron chi connectivity index (χ2n) is 6.48. The van der Waals surface area contributed by atoms with Crippen LogP contribution in [0.4, 0.5) is 0 Å². The lowest BCUT2D eigenvalue weighted by atomic mass is 9.96. The summed E-state index contributed by atoms with van der Waals surface area (Å²) in [6, 6.07) is 9.62. The van der Waals surface area contributed by atoms with E-state index in [1.165, 1.54) is 0 Å². The van der Waals surface area contributed by atoms with Crippen molar-refractivity contribution in [3.8, 4) is 0 Å². The first-order valence-electron chi connectivity index (χ1n) is 8.87. The van der Waals surface area contributed by atoms with Gasteiger partial charge in [-0.3, -0.25) is 14.4 Å². The summed E-state index contributed by atoms with van der Waals surface area (Å²) in [5.41, 5.74) is 0.984. The molecule has 0 aliphatic carbocycles. The smallest absolute Gasteiger partial charge is 0.303 e. The minimum atomic E-state index is -0.814. The van der Waals surface area contributed by atoms with Gasteiger partial charge < -0.3 is 15.3 Å². The van der Waals surface area contributed by atoms with Crippen LogP contribution in [0.25, 0.3) is 0 Å². The van der Waals surface area contributed by atoms with Crippen molar-refractivity contribution in [2.75, 3.05) is 19.6 Å². The quantitative estimate of drug-likeness (QED) is 0.703. The van der Waals surface area contributed by atoms with E-state index in [0.717, 1.165) is 18.4 Å². The molecule has 136 valence electrons. The van der Waals surface area contributed by atoms with Crippen LogP contribution >= 0.6 is 0 Å². The van der Waals surface area contributed by atoms with Gasteiger partial charge >= 0.3 is 5.97 Å². The molecule has 0 bridgehead atoms. The molecule has 2 amide bonds. The Morgan fingerprint density at radius 3 is 2.64 bits per heavy atom. The van der Waals surface area contributed by atoms with Crippen LogP contribution < -0.4 is 5.32 Å². The van der Waals surface area contributed by atoms with Gasteiger partial charge in [0.2, 0.25) is 11.8 Å². The van der Waals surface area contributed by atoms with Crippen molar-refractivity contribution < 1.29 is 19.5 Å². The second-order valence-corrected chi connectivity index (χ2v) is 6.48. The third kappa shape index (κ3) is 6.57. The number of carboxylic acid groups (broad SMARTS) is 1. The number of unbranched alkanes of at least 4 members (excludes halogenated alkanes) is 1. The highest BCUT2D eigenvalue weighted by Gasteiger charge is 2.28. The largest absolute Gasteiger partial charge is 0.481 e. The fourth-order valence-corrected chi connectivity index (χ4v) is 3.06. The van der Waals surface area contributed by atoms with E-state index in [0.29, 0.717) is 38.9 Å². The number of rotatable bonds is 8. The molecule has 1 saturated heterocycles. The van der Waals surface area contributed by atoms with Crippen LogP contribution in [0.5, 0.6) is 0 Å². The van der Waals surface area contributed by atoms with Crippen LogP contribution in [0.1, 0.15) is 37.7 Å². The van der Waals surface area contributed by atoms with Crippen LogP contribution in [0.15, 0.2) is 30.3 Å². The van der Waals surface area contributed by atoms with E-state index < -0.39 is 5.97 Å². The van der Waals surface area contributed by atoms with Gasteiger partial charge in [0.05, 0.1) is 12.3 Å². The van der Waals surface area contributed by atoms with Crippen molar-refractivity contribution in [3.05, 3.63) is 35.9 Å². The molecule has 1 aromatic carbocycles. The van der Waals surface area contributed by atoms with E-state index in [4.69, 9.17) is 5.11 Å². The molecule has 2 N–H and O–H groups in total. The zero-order valence-corrected chi connectivity index (χ0v) is 14.4. The van der Waals surface area contributed by atoms with Gasteiger partial charge in [0, 0.05) is 26.1 Å². The van der Waals surface area contributed by atoms with Crippen molar-refractivity contribution in [2.24, 2.45) is 5.92 Å². The van der Waals surface area contributed by atoms with Crippen LogP contribution in [-0.4, -0.2) is 47.4 Å². The Labute approximate surface area is 148 Å². The Balaban J connectivity index is 1.74. The fourth-order valence-electron chi connectivity index (χ4n) is 3.06. The maximum Gasteiger partial charge on any atom is 0.303 e. The normalized spacial score (nSPS) is 17.1. The molecule has 0 aromatic heterocycles. The summed E-state index contributed by atoms with van der Waals surface area (Å²) in [7, 11) is 0. The molecule has 0 saturated carbocycles. The lowest BCUT2D eigenvalue weighted by Crippen LogP contribution is -2.46. The molecule has 0 spiro atoms. The Hall–Kier alpha value is -2.37. The van der Waals surface area contributed by atoms with Gasteiger partial charge in [0.25, 0.3) is 0 Å². The average Bonchev–Trinajstić information content (AvgIpc) is 2.62. The third-order valence-electron chi connectivity index (χ3n) is 4.46. The summed E-state index contributed by atoms with van der Waals surface area (Å²) >= 11 is 0. The Morgan fingerprint density at radius 1 is 1.16 bits per heavy atom. The molecule has 1 atom stereocenters. The maximum absolute atomic E-state index is 12.4. The summed E-state index contributed by atoms with van der Waals surface area (Å²) in [5.74, 6) is -0.961. The molecule has 1 aliphatic rings. The van der Waals surface area contributed by atoms with Crippen LogP contribution in [0.2, 0.25) is 0 Å². The molecular formula is C19H26N2O4. The first-order chi connectivity index (χ1) is 12.1. The SMILES string of the molecule is O=C(O)CCCCNC(=O)C1CCCN(C(=O)Cc2ccccc2)C1. The Morgan fingerprint density at radius 2 is 1.92 bits per heavy atom. The summed E-state index contributed by atoms with van der Waals surface area (Å²) < 4.78 is 0. The Bertz CT molecular complexity index is 588. The molecule has 1 aliphatic heterocycles. The van der Waals surface area contributed by atoms with Gasteiger partial charge in [0.1, 0.15) is 0 Å². The number of hydrogen-bond donors (Lipinski definition) is 2. The topological polar surface area (TPSA) is 86.7 Å². The van der Waals surface area contributed by atoms with E-state index in [2.05, 4.69) is 5.32 Å². The molecule has 6 nitrogen and oxygen atoms in total. The van der Waals surface area contributed by atoms with E-state index in [9.17, 15) is 14.4 Å². The zero-order valence-electron chi connectivity index (χ0n) is 14.4. The number of carbonyl (C=O) groups excluding carboxylic acids is 2. The lowest BCUT2D eigenvalue weighted by molar-refractivity contribution is -0.137. The highest BCUT2D eigenvalue weighted by atomic mass is 16.4. The minimum Gasteiger partial charge on any atom is -0.481 e. The highest BCUT2D eigenvalue weighted by molar-refractivity contribution is 5.82. The Kier molecular flexibility index (Phi) is 7.44. The predicted octanol–water partition coefficient (Wildman–Crippen LogP) is 1.84. The number of amides is 2. The number of benzene rings is 1. The molecule has 6 heteroatoms. The number of carbonyl (C=O) groups is 3. The molecule has 1 unspecified atom stereocenters. The second kappa shape index (κ2) is 9.81. The van der Waals surface area contributed by atoms with Crippen molar-refractivity contribution >= 4 is 17.8 Å². The van der Waals surface area contributed by atoms with Gasteiger partial charge in [-0.15, -0.1) is 0 Å². The van der Waals surface area contributed by atoms with Gasteiger partial charge in [-0.05, 0) is 31.2 Å². The number of carboxylic acids is 1. The van der Waals surface area contributed by atoms with Crippen LogP contribution in [0, 0.1) is 5.92 Å². The van der Waals surface area contributed by atoms with Gasteiger partial charge in [-0.25, -0.2) is 0 Å². The summed E-state index contributed by atoms with van der Waals surface area (Å²) in [4.78, 5) is 36.9. The number of aliphatic carboxylic acids is 1. The standard InChI is InChI=1S/C19H26N2O4/c22-17(13-15-7-2-1-3-8-15)21-12-6-9-16(14-21)19(25)20-11-5-4-10-18(23)24/h1-3,7-8,16H,4-6,9-14H2,(H,20,25)(H,23,24). The molecule has 1 fully saturated rings. The molecule has 25 heavy (non-hydrogen) atoms. The molecular weight excluding hydrogens is 320 g/mol. The summed E-state index contributed by atoms with van der Waals surface area (Å²) in [6.45, 7) is 1.65. The van der Waals surface area contributed by atoms with E-state index in [1.807, 2.05) is 30.3 Å². The van der Waals surface area contributed by atoms with Crippen molar-refractivity contribution in [1.82, 2.24) is 10.2 Å². The number of piperidine rings is 1. The third-order valence-corrected chi connectivity index (χ3v) is 4.46. The van der Waals surface area contributed by atoms with E-state index in [1.54, 1.807) is 4.90 Å². The highest BCUT2D eigenvalue weighted by Crippen LogP contribution is 2.18. The predicted molar refractivity (Wildman–Crippen MR) is 93.9 cm³/mol. The molecule has 2 rings (SSSR count). The van der Waals surface area contributed by atoms with Crippen LogP contribution in [0.3, 0.4) is 0 Å². The van der Waals surface area contributed by atoms with Gasteiger partial charge in [-0.1, -0.05) is 30.3 Å². The average molecular weight is 346 g/mol. The van der Waals surface area contributed by atoms with Crippen molar-refractivity contribution in [3.63, 3.8) is 0 Å². The van der Waals surface area contributed by atoms with Crippen molar-refractivity contribution in [1.29, 1.82) is 0 Å². The first-order valence-corrected chi connectivity index (χ1v) is 8.87. The lowest BCUT2D eigenvalue weighted by Gasteiger charge is -2.32. The number of likely N-dealkylation sites (tertiary alicyclic amines) is 1. The number of hydrogen-bond acceptors (Lipinski definition) is 3. The van der Waals surface area contributed by atoms with Gasteiger partial charge in [-0.2, -0.15) is 0 Å². The first kappa shape index (κ1) is 19.0. The number of nitrogens with one attached hydrogen (secondary N) is 1. The molecule has 0 radical (unpaired) electrons. The fraction of sp³-hybridized carbons (Fsp3) is 0.526. The van der Waals surface area contributed by atoms with Crippen LogP contribution in [-0.2, 0) is 20.8 Å². The zero-order chi connectivity index (χ0) is 18.1. The molecule has 1 aromatic rings. The van der Waals surface area contributed by atoms with Gasteiger partial charge in [0.15, 0.2) is 0 Å². The number of nitrogens with zero attached hydrogens (tertiary/aromatic N) is 1. The van der Waals surface area contributed by atoms with E-state index in [-0.39, 0.29) is 24.2 Å². The minimum absolute atomic E-state index is 0.0347. The summed E-state index contributed by atoms with van der Waals surface area (Å²) in [5, 5.41) is 11.5. The summed E-state index contributed by atoms with van der Waals surface area (Å²) in [6.07, 6.45) is 3.32. The van der Waals surface area contributed by atoms with E-state index >= 15 is 0 Å². The molecule has 1 heterocycles. The monoisotopic (exact) mass is 346 g/mol. The maximum atomic E-state index is 12.4.